The van der Waals surface area contributed by atoms with Crippen LogP contribution in [-0.4, -0.2) is 32.6 Å². The lowest BCUT2D eigenvalue weighted by molar-refractivity contribution is -0.0568. The van der Waals surface area contributed by atoms with Crippen molar-refractivity contribution in [1.29, 1.82) is 0 Å². The molecule has 1 rings (SSSR count). The molecule has 1 aliphatic rings. The molecule has 0 bridgehead atoms. The van der Waals surface area contributed by atoms with Gasteiger partial charge in [0.15, 0.2) is 0 Å². The summed E-state index contributed by atoms with van der Waals surface area (Å²) in [5, 5.41) is 28.5. The molecule has 0 aliphatic heterocycles. The summed E-state index contributed by atoms with van der Waals surface area (Å²) in [5.74, 6) is 0. The highest BCUT2D eigenvalue weighted by atomic mass is 16.3. The first-order valence-electron chi connectivity index (χ1n) is 4.19. The van der Waals surface area contributed by atoms with Crippen molar-refractivity contribution in [1.82, 2.24) is 0 Å². The molecule has 0 aromatic heterocycles. The lowest BCUT2D eigenvalue weighted by Gasteiger charge is -2.35. The van der Waals surface area contributed by atoms with Gasteiger partial charge in [-0.25, -0.2) is 0 Å². The van der Waals surface area contributed by atoms with E-state index in [1.807, 2.05) is 0 Å². The Kier molecular flexibility index (Phi) is 2.29. The van der Waals surface area contributed by atoms with Gasteiger partial charge in [0.25, 0.3) is 0 Å². The molecule has 0 spiro atoms. The first kappa shape index (κ1) is 9.71. The SMILES string of the molecule is CC(O)C1(O)C=CC(C)(O)CC1. The van der Waals surface area contributed by atoms with Gasteiger partial charge in [0.05, 0.1) is 11.7 Å². The van der Waals surface area contributed by atoms with Crippen molar-refractivity contribution >= 4 is 0 Å². The second-order valence-electron chi connectivity index (χ2n) is 3.86. The van der Waals surface area contributed by atoms with Crippen molar-refractivity contribution in [2.24, 2.45) is 0 Å². The molecule has 0 fully saturated rings. The van der Waals surface area contributed by atoms with E-state index < -0.39 is 17.3 Å². The molecule has 0 amide bonds. The zero-order valence-corrected chi connectivity index (χ0v) is 7.49. The third-order valence-corrected chi connectivity index (χ3v) is 2.49. The summed E-state index contributed by atoms with van der Waals surface area (Å²) in [7, 11) is 0. The van der Waals surface area contributed by atoms with Crippen molar-refractivity contribution in [3.05, 3.63) is 12.2 Å². The average molecular weight is 172 g/mol. The van der Waals surface area contributed by atoms with Gasteiger partial charge in [0, 0.05) is 0 Å². The van der Waals surface area contributed by atoms with Gasteiger partial charge in [-0.05, 0) is 26.7 Å². The number of aliphatic hydroxyl groups excluding tert-OH is 1. The molecule has 0 heterocycles. The van der Waals surface area contributed by atoms with Crippen LogP contribution in [0.3, 0.4) is 0 Å². The van der Waals surface area contributed by atoms with E-state index >= 15 is 0 Å². The van der Waals surface area contributed by atoms with Crippen LogP contribution in [0.25, 0.3) is 0 Å². The molecule has 0 saturated carbocycles. The quantitative estimate of drug-likeness (QED) is 0.495. The summed E-state index contributed by atoms with van der Waals surface area (Å²) < 4.78 is 0. The minimum absolute atomic E-state index is 0.397. The van der Waals surface area contributed by atoms with Gasteiger partial charge in [-0.2, -0.15) is 0 Å². The van der Waals surface area contributed by atoms with Crippen LogP contribution in [0.15, 0.2) is 12.2 Å². The molecule has 0 saturated heterocycles. The van der Waals surface area contributed by atoms with E-state index in [9.17, 15) is 15.3 Å². The van der Waals surface area contributed by atoms with E-state index in [-0.39, 0.29) is 0 Å². The van der Waals surface area contributed by atoms with Gasteiger partial charge >= 0.3 is 0 Å². The molecule has 70 valence electrons. The Morgan fingerprint density at radius 2 is 1.83 bits per heavy atom. The van der Waals surface area contributed by atoms with Gasteiger partial charge in [-0.1, -0.05) is 12.2 Å². The minimum atomic E-state index is -1.15. The van der Waals surface area contributed by atoms with Crippen LogP contribution in [0.2, 0.25) is 0 Å². The first-order valence-corrected chi connectivity index (χ1v) is 4.19. The Morgan fingerprint density at radius 1 is 1.25 bits per heavy atom. The Morgan fingerprint density at radius 3 is 2.17 bits per heavy atom. The van der Waals surface area contributed by atoms with Gasteiger partial charge in [-0.15, -0.1) is 0 Å². The fourth-order valence-corrected chi connectivity index (χ4v) is 1.29. The maximum Gasteiger partial charge on any atom is 0.108 e. The highest BCUT2D eigenvalue weighted by Gasteiger charge is 2.36. The molecule has 0 radical (unpaired) electrons. The lowest BCUT2D eigenvalue weighted by atomic mass is 9.81. The lowest BCUT2D eigenvalue weighted by Crippen LogP contribution is -2.44. The normalized spacial score (nSPS) is 44.4. The molecule has 0 aromatic rings. The standard InChI is InChI=1S/C9H16O3/c1-7(10)9(12)5-3-8(2,11)4-6-9/h3,5,7,10-12H,4,6H2,1-2H3. The number of rotatable bonds is 1. The molecule has 3 heteroatoms. The Bertz CT molecular complexity index is 196. The second-order valence-corrected chi connectivity index (χ2v) is 3.86. The Labute approximate surface area is 72.3 Å². The van der Waals surface area contributed by atoms with Crippen molar-refractivity contribution in [3.63, 3.8) is 0 Å². The predicted octanol–water partition coefficient (Wildman–Crippen LogP) is 0.199. The summed E-state index contributed by atoms with van der Waals surface area (Å²) >= 11 is 0. The van der Waals surface area contributed by atoms with Crippen LogP contribution in [0, 0.1) is 0 Å². The van der Waals surface area contributed by atoms with E-state index in [4.69, 9.17) is 0 Å². The Balaban J connectivity index is 2.77. The molecular weight excluding hydrogens is 156 g/mol. The van der Waals surface area contributed by atoms with Crippen LogP contribution in [-0.2, 0) is 0 Å². The maximum atomic E-state index is 9.73. The predicted molar refractivity (Wildman–Crippen MR) is 45.6 cm³/mol. The average Bonchev–Trinajstić information content (AvgIpc) is 1.96. The van der Waals surface area contributed by atoms with Crippen LogP contribution in [0.5, 0.6) is 0 Å². The number of hydrogen-bond donors (Lipinski definition) is 3. The van der Waals surface area contributed by atoms with Crippen LogP contribution < -0.4 is 0 Å². The van der Waals surface area contributed by atoms with Gasteiger partial charge in [0.1, 0.15) is 5.60 Å². The Hall–Kier alpha value is -0.380. The smallest absolute Gasteiger partial charge is 0.108 e. The van der Waals surface area contributed by atoms with E-state index in [1.165, 1.54) is 6.08 Å². The summed E-state index contributed by atoms with van der Waals surface area (Å²) in [5.41, 5.74) is -1.98. The fourth-order valence-electron chi connectivity index (χ4n) is 1.29. The molecular formula is C9H16O3. The fraction of sp³-hybridized carbons (Fsp3) is 0.778. The summed E-state index contributed by atoms with van der Waals surface area (Å²) in [6.07, 6.45) is 3.12. The van der Waals surface area contributed by atoms with Gasteiger partial charge in [-0.3, -0.25) is 0 Å². The highest BCUT2D eigenvalue weighted by Crippen LogP contribution is 2.30. The molecule has 12 heavy (non-hydrogen) atoms. The molecule has 3 atom stereocenters. The van der Waals surface area contributed by atoms with Gasteiger partial charge in [0.2, 0.25) is 0 Å². The summed E-state index contributed by atoms with van der Waals surface area (Å²) in [6.45, 7) is 3.23. The zero-order valence-electron chi connectivity index (χ0n) is 7.49. The van der Waals surface area contributed by atoms with Crippen LogP contribution in [0.4, 0.5) is 0 Å². The monoisotopic (exact) mass is 172 g/mol. The second kappa shape index (κ2) is 2.83. The van der Waals surface area contributed by atoms with E-state index in [1.54, 1.807) is 19.9 Å². The summed E-state index contributed by atoms with van der Waals surface area (Å²) in [6, 6.07) is 0. The van der Waals surface area contributed by atoms with Crippen molar-refractivity contribution in [2.45, 2.75) is 44.0 Å². The molecule has 0 aromatic carbocycles. The minimum Gasteiger partial charge on any atom is -0.390 e. The third kappa shape index (κ3) is 1.86. The third-order valence-electron chi connectivity index (χ3n) is 2.49. The first-order chi connectivity index (χ1) is 5.36. The zero-order chi connectivity index (χ0) is 9.41. The van der Waals surface area contributed by atoms with Crippen LogP contribution in [0.1, 0.15) is 26.7 Å². The maximum absolute atomic E-state index is 9.73. The van der Waals surface area contributed by atoms with E-state index in [0.29, 0.717) is 12.8 Å². The highest BCUT2D eigenvalue weighted by molar-refractivity contribution is 5.14. The van der Waals surface area contributed by atoms with E-state index in [0.717, 1.165) is 0 Å². The van der Waals surface area contributed by atoms with Crippen molar-refractivity contribution in [3.8, 4) is 0 Å². The number of hydrogen-bond acceptors (Lipinski definition) is 3. The van der Waals surface area contributed by atoms with Crippen molar-refractivity contribution in [2.75, 3.05) is 0 Å². The van der Waals surface area contributed by atoms with Crippen molar-refractivity contribution < 1.29 is 15.3 Å². The molecule has 3 N–H and O–H groups in total. The van der Waals surface area contributed by atoms with E-state index in [2.05, 4.69) is 0 Å². The largest absolute Gasteiger partial charge is 0.390 e. The molecule has 1 aliphatic carbocycles. The van der Waals surface area contributed by atoms with Crippen LogP contribution >= 0.6 is 0 Å². The number of aliphatic hydroxyl groups is 3. The topological polar surface area (TPSA) is 60.7 Å². The molecule has 3 nitrogen and oxygen atoms in total. The van der Waals surface area contributed by atoms with Gasteiger partial charge < -0.3 is 15.3 Å². The summed E-state index contributed by atoms with van der Waals surface area (Å²) in [4.78, 5) is 0. The molecule has 3 unspecified atom stereocenters.